The lowest BCUT2D eigenvalue weighted by Crippen LogP contribution is -2.31. The Morgan fingerprint density at radius 1 is 1.09 bits per heavy atom. The number of aryl methyl sites for hydroxylation is 1. The van der Waals surface area contributed by atoms with Gasteiger partial charge in [-0.2, -0.15) is 5.10 Å². The maximum absolute atomic E-state index is 13.5. The van der Waals surface area contributed by atoms with Crippen molar-refractivity contribution in [2.45, 2.75) is 53.5 Å². The first kappa shape index (κ1) is 36.7. The van der Waals surface area contributed by atoms with Gasteiger partial charge >= 0.3 is 0 Å². The third-order valence-corrected chi connectivity index (χ3v) is 6.97. The molecule has 0 saturated carbocycles. The Hall–Kier alpha value is -4.53. The summed E-state index contributed by atoms with van der Waals surface area (Å²) in [5, 5.41) is 10.2. The number of nitrogens with zero attached hydrogens (tertiary/aromatic N) is 3. The van der Waals surface area contributed by atoms with E-state index in [4.69, 9.17) is 5.10 Å². The standard InChI is InChI=1S/C27H30F2N4O.C6H11NO.C3H6/c1-20(2)17-21(3)32(16-13-30-19-34)14-4-15-33-27(23-7-11-25(29)12-8-23)18-26(31-33)22-5-9-24(28)10-6-22;1-2-5-3-6(8)7-4-5;1-3-2/h5-12,17-19H,3-4,13-16H2,1-2H3,(H,30,34);5H,2-4H2,1H3,(H,7,8);3H,1H2,2H3. The van der Waals surface area contributed by atoms with E-state index in [1.54, 1.807) is 30.3 Å². The first-order valence-corrected chi connectivity index (χ1v) is 15.3. The Labute approximate surface area is 266 Å². The third-order valence-electron chi connectivity index (χ3n) is 6.97. The Kier molecular flexibility index (Phi) is 16.0. The summed E-state index contributed by atoms with van der Waals surface area (Å²) in [7, 11) is 0. The first-order chi connectivity index (χ1) is 21.6. The van der Waals surface area contributed by atoms with Gasteiger partial charge in [-0.25, -0.2) is 8.78 Å². The number of hydrogen-bond acceptors (Lipinski definition) is 4. The Morgan fingerprint density at radius 3 is 2.18 bits per heavy atom. The highest BCUT2D eigenvalue weighted by Gasteiger charge is 2.18. The van der Waals surface area contributed by atoms with Crippen LogP contribution >= 0.6 is 0 Å². The molecule has 7 nitrogen and oxygen atoms in total. The Bertz CT molecular complexity index is 1390. The molecule has 2 aromatic carbocycles. The molecule has 2 N–H and O–H groups in total. The molecule has 242 valence electrons. The number of hydrogen-bond donors (Lipinski definition) is 2. The lowest BCUT2D eigenvalue weighted by molar-refractivity contribution is -0.119. The topological polar surface area (TPSA) is 79.3 Å². The van der Waals surface area contributed by atoms with E-state index in [1.807, 2.05) is 37.6 Å². The molecule has 1 fully saturated rings. The first-order valence-electron chi connectivity index (χ1n) is 15.3. The van der Waals surface area contributed by atoms with E-state index in [2.05, 4.69) is 35.6 Å². The molecule has 1 aromatic heterocycles. The molecule has 0 bridgehead atoms. The monoisotopic (exact) mass is 619 g/mol. The average molecular weight is 620 g/mol. The van der Waals surface area contributed by atoms with Crippen LogP contribution in [-0.4, -0.2) is 53.2 Å². The lowest BCUT2D eigenvalue weighted by Gasteiger charge is -2.25. The van der Waals surface area contributed by atoms with Gasteiger partial charge in [-0.05, 0) is 93.8 Å². The van der Waals surface area contributed by atoms with Gasteiger partial charge in [-0.3, -0.25) is 14.3 Å². The molecule has 1 aliphatic rings. The molecule has 1 unspecified atom stereocenters. The van der Waals surface area contributed by atoms with Crippen molar-refractivity contribution < 1.29 is 18.4 Å². The smallest absolute Gasteiger partial charge is 0.220 e. The summed E-state index contributed by atoms with van der Waals surface area (Å²) in [6, 6.07) is 14.5. The van der Waals surface area contributed by atoms with Crippen molar-refractivity contribution in [3.8, 4) is 22.5 Å². The van der Waals surface area contributed by atoms with Gasteiger partial charge in [0.2, 0.25) is 12.3 Å². The number of benzene rings is 2. The molecule has 1 saturated heterocycles. The van der Waals surface area contributed by atoms with Crippen LogP contribution in [0, 0.1) is 17.6 Å². The van der Waals surface area contributed by atoms with Crippen molar-refractivity contribution >= 4 is 12.3 Å². The number of nitrogens with one attached hydrogen (secondary N) is 2. The molecule has 45 heavy (non-hydrogen) atoms. The number of rotatable bonds is 13. The van der Waals surface area contributed by atoms with E-state index in [0.29, 0.717) is 32.0 Å². The maximum Gasteiger partial charge on any atom is 0.220 e. The molecule has 2 amide bonds. The number of halogens is 2. The quantitative estimate of drug-likeness (QED) is 0.0923. The fraction of sp³-hybridized carbons (Fsp3) is 0.361. The van der Waals surface area contributed by atoms with Crippen molar-refractivity contribution in [1.29, 1.82) is 0 Å². The van der Waals surface area contributed by atoms with Gasteiger partial charge in [0.05, 0.1) is 11.4 Å². The van der Waals surface area contributed by atoms with Crippen molar-refractivity contribution in [3.05, 3.63) is 103 Å². The third kappa shape index (κ3) is 12.9. The van der Waals surface area contributed by atoms with Crippen LogP contribution in [0.2, 0.25) is 0 Å². The molecular weight excluding hydrogens is 572 g/mol. The molecule has 0 spiro atoms. The van der Waals surface area contributed by atoms with E-state index in [9.17, 15) is 18.4 Å². The molecule has 3 aromatic rings. The van der Waals surface area contributed by atoms with E-state index in [0.717, 1.165) is 66.1 Å². The minimum Gasteiger partial charge on any atom is -0.370 e. The molecule has 0 aliphatic carbocycles. The molecule has 0 radical (unpaired) electrons. The molecule has 2 heterocycles. The van der Waals surface area contributed by atoms with Gasteiger partial charge < -0.3 is 15.5 Å². The minimum absolute atomic E-state index is 0.219. The van der Waals surface area contributed by atoms with Gasteiger partial charge in [-0.15, -0.1) is 6.58 Å². The highest BCUT2D eigenvalue weighted by Crippen LogP contribution is 2.27. The van der Waals surface area contributed by atoms with Crippen molar-refractivity contribution in [2.24, 2.45) is 5.92 Å². The summed E-state index contributed by atoms with van der Waals surface area (Å²) < 4.78 is 28.8. The zero-order valence-corrected chi connectivity index (χ0v) is 27.0. The van der Waals surface area contributed by atoms with Crippen LogP contribution in [0.4, 0.5) is 8.78 Å². The van der Waals surface area contributed by atoms with E-state index in [-0.39, 0.29) is 17.5 Å². The van der Waals surface area contributed by atoms with Gasteiger partial charge in [0.1, 0.15) is 11.6 Å². The van der Waals surface area contributed by atoms with Gasteiger partial charge in [0.25, 0.3) is 0 Å². The highest BCUT2D eigenvalue weighted by molar-refractivity contribution is 5.78. The van der Waals surface area contributed by atoms with Crippen molar-refractivity contribution in [2.75, 3.05) is 26.2 Å². The fourth-order valence-electron chi connectivity index (χ4n) is 4.65. The predicted octanol–water partition coefficient (Wildman–Crippen LogP) is 7.14. The number of carbonyl (C=O) groups is 2. The molecule has 9 heteroatoms. The number of aromatic nitrogens is 2. The van der Waals surface area contributed by atoms with E-state index in [1.165, 1.54) is 24.3 Å². The fourth-order valence-corrected chi connectivity index (χ4v) is 4.65. The largest absolute Gasteiger partial charge is 0.370 e. The summed E-state index contributed by atoms with van der Waals surface area (Å²) in [6.07, 6.45) is 7.10. The SMILES string of the molecule is C=C(C=C(C)C)N(CCCn1nc(-c2ccc(F)cc2)cc1-c1ccc(F)cc1)CCNC=O.C=CC.CCC1CNC(=O)C1. The minimum atomic E-state index is -0.303. The lowest BCUT2D eigenvalue weighted by atomic mass is 10.1. The molecule has 1 aliphatic heterocycles. The second-order valence-corrected chi connectivity index (χ2v) is 11.0. The second-order valence-electron chi connectivity index (χ2n) is 11.0. The highest BCUT2D eigenvalue weighted by atomic mass is 19.1. The molecule has 4 rings (SSSR count). The van der Waals surface area contributed by atoms with Crippen molar-refractivity contribution in [1.82, 2.24) is 25.3 Å². The summed E-state index contributed by atoms with van der Waals surface area (Å²) in [5.41, 5.74) is 5.27. The Balaban J connectivity index is 0.000000542. The zero-order valence-electron chi connectivity index (χ0n) is 27.0. The van der Waals surface area contributed by atoms with Crippen LogP contribution < -0.4 is 10.6 Å². The van der Waals surface area contributed by atoms with Crippen molar-refractivity contribution in [3.63, 3.8) is 0 Å². The molecular formula is C36H47F2N5O2. The van der Waals surface area contributed by atoms with Gasteiger partial charge in [0, 0.05) is 56.0 Å². The predicted molar refractivity (Wildman–Crippen MR) is 179 cm³/mol. The van der Waals surface area contributed by atoms with Gasteiger partial charge in [0.15, 0.2) is 0 Å². The number of allylic oxidation sites excluding steroid dienone is 3. The Morgan fingerprint density at radius 2 is 1.69 bits per heavy atom. The maximum atomic E-state index is 13.5. The molecule has 1 atom stereocenters. The summed E-state index contributed by atoms with van der Waals surface area (Å²) >= 11 is 0. The summed E-state index contributed by atoms with van der Waals surface area (Å²) in [5.74, 6) is 0.230. The van der Waals surface area contributed by atoms with Crippen LogP contribution in [-0.2, 0) is 16.1 Å². The van der Waals surface area contributed by atoms with Crippen LogP contribution in [0.3, 0.4) is 0 Å². The summed E-state index contributed by atoms with van der Waals surface area (Å²) in [6.45, 7) is 19.0. The normalized spacial score (nSPS) is 13.3. The number of amides is 2. The average Bonchev–Trinajstić information content (AvgIpc) is 3.64. The van der Waals surface area contributed by atoms with Crippen LogP contribution in [0.25, 0.3) is 22.5 Å². The van der Waals surface area contributed by atoms with Crippen LogP contribution in [0.1, 0.15) is 47.0 Å². The number of carbonyl (C=O) groups excluding carboxylic acids is 2. The zero-order chi connectivity index (χ0) is 33.2. The van der Waals surface area contributed by atoms with E-state index >= 15 is 0 Å². The van der Waals surface area contributed by atoms with Crippen LogP contribution in [0.15, 0.2) is 91.2 Å². The second kappa shape index (κ2) is 19.7. The summed E-state index contributed by atoms with van der Waals surface area (Å²) in [4.78, 5) is 23.3. The van der Waals surface area contributed by atoms with E-state index < -0.39 is 0 Å². The van der Waals surface area contributed by atoms with Gasteiger partial charge in [-0.1, -0.05) is 31.6 Å². The van der Waals surface area contributed by atoms with Crippen LogP contribution in [0.5, 0.6) is 0 Å².